The Balaban J connectivity index is 0.000000281. The molecule has 0 unspecified atom stereocenters. The number of benzene rings is 3. The third-order valence-corrected chi connectivity index (χ3v) is 9.67. The second-order valence-electron chi connectivity index (χ2n) is 10.7. The van der Waals surface area contributed by atoms with Crippen molar-refractivity contribution in [1.82, 2.24) is 24.2 Å². The van der Waals surface area contributed by atoms with Gasteiger partial charge < -0.3 is 15.7 Å². The van der Waals surface area contributed by atoms with Gasteiger partial charge in [0.05, 0.1) is 17.3 Å². The van der Waals surface area contributed by atoms with Crippen LogP contribution in [0.4, 0.5) is 14.6 Å². The molecule has 0 aliphatic carbocycles. The molecule has 1 aliphatic heterocycles. The van der Waals surface area contributed by atoms with Gasteiger partial charge in [0.25, 0.3) is 5.92 Å². The Hall–Kier alpha value is -4.92. The van der Waals surface area contributed by atoms with Crippen LogP contribution in [0.5, 0.6) is 0 Å². The van der Waals surface area contributed by atoms with E-state index in [-0.39, 0.29) is 43.1 Å². The lowest BCUT2D eigenvalue weighted by Gasteiger charge is -2.38. The number of nitrogens with one attached hydrogen (secondary N) is 1. The summed E-state index contributed by atoms with van der Waals surface area (Å²) >= 11 is 0. The van der Waals surface area contributed by atoms with Crippen LogP contribution in [0.25, 0.3) is 28.0 Å². The van der Waals surface area contributed by atoms with Gasteiger partial charge in [-0.15, -0.1) is 6.54 Å². The van der Waals surface area contributed by atoms with E-state index in [1.165, 1.54) is 49.9 Å². The summed E-state index contributed by atoms with van der Waals surface area (Å²) in [6.45, 7) is 1.78. The number of carboxylic acids is 1. The van der Waals surface area contributed by atoms with Crippen molar-refractivity contribution >= 4 is 33.0 Å². The number of nitrogens with zero attached hydrogens (tertiary/aromatic N) is 6. The summed E-state index contributed by atoms with van der Waals surface area (Å²) in [7, 11) is -4.03. The first-order chi connectivity index (χ1) is 22.5. The number of piperazine rings is 1. The zero-order valence-electron chi connectivity index (χ0n) is 25.4. The zero-order valence-corrected chi connectivity index (χ0v) is 26.2. The molecule has 1 saturated heterocycles. The quantitative estimate of drug-likeness (QED) is 0.218. The fourth-order valence-electron chi connectivity index (χ4n) is 5.03. The van der Waals surface area contributed by atoms with E-state index in [4.69, 9.17) is 5.73 Å². The first kappa shape index (κ1) is 33.4. The monoisotopic (exact) mass is 660 g/mol. The molecular formula is C33H32F2N7O4S-. The second-order valence-corrected chi connectivity index (χ2v) is 12.6. The highest BCUT2D eigenvalue weighted by Crippen LogP contribution is 2.31. The first-order valence-corrected chi connectivity index (χ1v) is 16.2. The maximum Gasteiger partial charge on any atom is 0.323 e. The molecule has 1 fully saturated rings. The van der Waals surface area contributed by atoms with Crippen molar-refractivity contribution in [2.75, 3.05) is 24.5 Å². The van der Waals surface area contributed by atoms with E-state index in [0.29, 0.717) is 17.0 Å². The van der Waals surface area contributed by atoms with Crippen molar-refractivity contribution in [2.24, 2.45) is 0 Å². The van der Waals surface area contributed by atoms with Gasteiger partial charge in [0.1, 0.15) is 23.7 Å². The van der Waals surface area contributed by atoms with Crippen LogP contribution in [0.2, 0.25) is 0 Å². The van der Waals surface area contributed by atoms with Gasteiger partial charge in [0.2, 0.25) is 10.0 Å². The van der Waals surface area contributed by atoms with Gasteiger partial charge in [-0.3, -0.25) is 4.79 Å². The van der Waals surface area contributed by atoms with Gasteiger partial charge in [-0.2, -0.15) is 4.31 Å². The fourth-order valence-corrected chi connectivity index (χ4v) is 6.59. The summed E-state index contributed by atoms with van der Waals surface area (Å²) in [5.41, 5.74) is 10.6. The second kappa shape index (κ2) is 14.2. The minimum atomic E-state index is -4.03. The predicted molar refractivity (Wildman–Crippen MR) is 173 cm³/mol. The van der Waals surface area contributed by atoms with Gasteiger partial charge >= 0.3 is 5.97 Å². The van der Waals surface area contributed by atoms with Crippen LogP contribution < -0.4 is 4.90 Å². The molecule has 3 aromatic carbocycles. The number of alkyl halides is 2. The molecule has 6 rings (SSSR count). The molecule has 2 aromatic heterocycles. The molecule has 0 radical (unpaired) electrons. The molecule has 0 bridgehead atoms. The van der Waals surface area contributed by atoms with E-state index in [1.807, 2.05) is 30.3 Å². The number of carboxylic acid groups (broad SMARTS) is 1. The van der Waals surface area contributed by atoms with Crippen LogP contribution in [0.3, 0.4) is 0 Å². The van der Waals surface area contributed by atoms with E-state index in [0.717, 1.165) is 21.0 Å². The highest BCUT2D eigenvalue weighted by atomic mass is 32.2. The van der Waals surface area contributed by atoms with Crippen molar-refractivity contribution in [2.45, 2.75) is 36.7 Å². The Labute approximate surface area is 270 Å². The smallest absolute Gasteiger partial charge is 0.323 e. The first-order valence-electron chi connectivity index (χ1n) is 14.7. The molecular weight excluding hydrogens is 628 g/mol. The molecule has 0 saturated carbocycles. The van der Waals surface area contributed by atoms with E-state index >= 15 is 0 Å². The predicted octanol–water partition coefficient (Wildman–Crippen LogP) is 5.79. The molecule has 14 heteroatoms. The lowest BCUT2D eigenvalue weighted by Crippen LogP contribution is -2.58. The third kappa shape index (κ3) is 7.56. The largest absolute Gasteiger partial charge is 0.674 e. The van der Waals surface area contributed by atoms with Crippen molar-refractivity contribution < 1.29 is 27.1 Å². The molecule has 0 amide bonds. The topological polar surface area (TPSA) is 153 Å². The molecule has 47 heavy (non-hydrogen) atoms. The summed E-state index contributed by atoms with van der Waals surface area (Å²) in [6.07, 6.45) is 4.21. The van der Waals surface area contributed by atoms with Gasteiger partial charge in [-0.25, -0.2) is 37.1 Å². The SMILES string of the molecule is CCC(F)(F)c1ccc(C[NH-])cc1.O=C(O)[C@H]1CN(c2cnc3cncnc3n2)CCN1S(=O)(=O)c1ccc(-c2ccccc2)cc1. The van der Waals surface area contributed by atoms with Crippen LogP contribution in [-0.2, 0) is 27.3 Å². The lowest BCUT2D eigenvalue weighted by atomic mass is 10.0. The number of fused-ring (bicyclic) bond motifs is 1. The van der Waals surface area contributed by atoms with Crippen molar-refractivity contribution in [3.05, 3.63) is 114 Å². The molecule has 5 aromatic rings. The number of hydrogen-bond acceptors (Lipinski definition) is 8. The van der Waals surface area contributed by atoms with E-state index in [1.54, 1.807) is 29.2 Å². The number of halogens is 2. The Morgan fingerprint density at radius 3 is 2.28 bits per heavy atom. The van der Waals surface area contributed by atoms with Crippen LogP contribution in [0, 0.1) is 0 Å². The third-order valence-electron chi connectivity index (χ3n) is 7.74. The minimum absolute atomic E-state index is 0.0107. The summed E-state index contributed by atoms with van der Waals surface area (Å²) in [5.74, 6) is -3.53. The van der Waals surface area contributed by atoms with Crippen LogP contribution >= 0.6 is 0 Å². The number of carbonyl (C=O) groups is 1. The Kier molecular flexibility index (Phi) is 10.1. The highest BCUT2D eigenvalue weighted by Gasteiger charge is 2.40. The summed E-state index contributed by atoms with van der Waals surface area (Å²) in [6, 6.07) is 20.7. The van der Waals surface area contributed by atoms with Gasteiger partial charge in [-0.05, 0) is 23.3 Å². The van der Waals surface area contributed by atoms with Gasteiger partial charge in [-0.1, -0.05) is 79.2 Å². The van der Waals surface area contributed by atoms with Crippen molar-refractivity contribution in [3.8, 4) is 11.1 Å². The van der Waals surface area contributed by atoms with E-state index in [2.05, 4.69) is 19.9 Å². The Morgan fingerprint density at radius 2 is 1.64 bits per heavy atom. The fraction of sp³-hybridized carbons (Fsp3) is 0.242. The number of sulfonamides is 1. The molecule has 244 valence electrons. The number of rotatable bonds is 8. The van der Waals surface area contributed by atoms with Crippen LogP contribution in [-0.4, -0.2) is 69.4 Å². The summed E-state index contributed by atoms with van der Waals surface area (Å²) in [5, 5.41) is 9.86. The average Bonchev–Trinajstić information content (AvgIpc) is 3.11. The molecule has 0 spiro atoms. The van der Waals surface area contributed by atoms with E-state index < -0.39 is 28.0 Å². The average molecular weight is 661 g/mol. The molecule has 1 aliphatic rings. The maximum absolute atomic E-state index is 13.4. The molecule has 2 N–H and O–H groups in total. The molecule has 11 nitrogen and oxygen atoms in total. The van der Waals surface area contributed by atoms with Crippen molar-refractivity contribution in [1.29, 1.82) is 0 Å². The zero-order chi connectivity index (χ0) is 33.6. The van der Waals surface area contributed by atoms with Crippen LogP contribution in [0.1, 0.15) is 24.5 Å². The van der Waals surface area contributed by atoms with Gasteiger partial charge in [0, 0.05) is 31.6 Å². The number of aliphatic carboxylic acids is 1. The highest BCUT2D eigenvalue weighted by molar-refractivity contribution is 7.89. The maximum atomic E-state index is 13.4. The van der Waals surface area contributed by atoms with E-state index in [9.17, 15) is 27.1 Å². The van der Waals surface area contributed by atoms with Gasteiger partial charge in [0.15, 0.2) is 5.65 Å². The molecule has 3 heterocycles. The standard InChI is InChI=1S/C23H20N6O4S.C10H12F2N/c30-23(31)20-14-28(21-13-25-19-12-24-15-26-22(19)27-21)10-11-29(20)34(32,33)18-8-6-17(7-9-18)16-4-2-1-3-5-16;1-2-10(11,12)9-5-3-8(7-13)4-6-9/h1-9,12-13,15,20H,10-11,14H2,(H,30,31);3-6,13H,2,7H2,1H3/q;-1/t20-;/m1./s1. The number of aromatic nitrogens is 4. The molecule has 1 atom stereocenters. The Morgan fingerprint density at radius 1 is 0.957 bits per heavy atom. The summed E-state index contributed by atoms with van der Waals surface area (Å²) < 4.78 is 53.9. The number of anilines is 1. The summed E-state index contributed by atoms with van der Waals surface area (Å²) in [4.78, 5) is 30.5. The Bertz CT molecular complexity index is 1930. The number of hydrogen-bond donors (Lipinski definition) is 1. The normalized spacial score (nSPS) is 15.6. The lowest BCUT2D eigenvalue weighted by molar-refractivity contribution is -0.141. The van der Waals surface area contributed by atoms with Crippen molar-refractivity contribution in [3.63, 3.8) is 0 Å². The van der Waals surface area contributed by atoms with Crippen LogP contribution in [0.15, 0.2) is 102 Å². The minimum Gasteiger partial charge on any atom is -0.674 e.